The third-order valence-electron chi connectivity index (χ3n) is 8.37. The van der Waals surface area contributed by atoms with E-state index in [1.165, 1.54) is 16.7 Å². The average molecular weight is 573 g/mol. The summed E-state index contributed by atoms with van der Waals surface area (Å²) < 4.78 is 14.4. The zero-order chi connectivity index (χ0) is 28.1. The third kappa shape index (κ3) is 5.11. The van der Waals surface area contributed by atoms with Crippen LogP contribution in [0.1, 0.15) is 57.6 Å². The largest absolute Gasteiger partial charge is 0.396 e. The Morgan fingerprint density at radius 1 is 1.02 bits per heavy atom. The van der Waals surface area contributed by atoms with Crippen LogP contribution in [0.5, 0.6) is 0 Å². The van der Waals surface area contributed by atoms with Gasteiger partial charge >= 0.3 is 0 Å². The van der Waals surface area contributed by atoms with Gasteiger partial charge in [-0.15, -0.1) is 5.10 Å². The lowest BCUT2D eigenvalue weighted by Crippen LogP contribution is -2.28. The van der Waals surface area contributed by atoms with E-state index in [4.69, 9.17) is 19.4 Å². The second-order valence-electron chi connectivity index (χ2n) is 11.8. The molecule has 2 aromatic carbocycles. The zero-order valence-electron chi connectivity index (χ0n) is 23.6. The molecule has 9 nitrogen and oxygen atoms in total. The summed E-state index contributed by atoms with van der Waals surface area (Å²) in [4.78, 5) is 9.82. The van der Waals surface area contributed by atoms with Gasteiger partial charge in [0.1, 0.15) is 6.10 Å². The number of aliphatic hydroxyl groups is 1. The lowest BCUT2D eigenvalue weighted by Gasteiger charge is -2.23. The molecule has 1 aliphatic heterocycles. The van der Waals surface area contributed by atoms with Crippen LogP contribution in [0.2, 0.25) is 0 Å². The summed E-state index contributed by atoms with van der Waals surface area (Å²) in [7, 11) is 0. The summed E-state index contributed by atoms with van der Waals surface area (Å²) in [5.74, 6) is 1.32. The summed E-state index contributed by atoms with van der Waals surface area (Å²) in [6.07, 6.45) is 2.33. The van der Waals surface area contributed by atoms with Gasteiger partial charge in [-0.1, -0.05) is 78.5 Å². The van der Waals surface area contributed by atoms with Crippen molar-refractivity contribution < 1.29 is 14.6 Å². The van der Waals surface area contributed by atoms with E-state index in [2.05, 4.69) is 71.1 Å². The minimum absolute atomic E-state index is 0.0294. The molecule has 1 saturated heterocycles. The Labute approximate surface area is 244 Å². The number of aromatic nitrogens is 5. The first kappa shape index (κ1) is 26.8. The third-order valence-corrected chi connectivity index (χ3v) is 9.43. The molecule has 41 heavy (non-hydrogen) atoms. The highest BCUT2D eigenvalue weighted by atomic mass is 32.2. The standard InChI is InChI=1S/C31H36N6O3S/c1-4-13-41-30-33-28(32-23-16-22(23)20-12-8-11-19(14-20)18-9-6-5-7-10-18)25-29(34-30)37(36-35-25)24-15-21(17-38)26-27(24)40-31(2,3)39-26/h5-12,14,21-24,26-27,38H,4,13,15-17H2,1-3H3,(H,32,33,34)/t21-,22-,23+,24-,26-,27+/m0/s1. The SMILES string of the molecule is CCCSc1nc(N[C@@H]2C[C@H]2c2cccc(-c3ccccc3)c2)c2nnn([C@H]3C[C@@H](CO)[C@@H]4OC(C)(C)O[C@@H]43)c2n1. The maximum absolute atomic E-state index is 10.1. The van der Waals surface area contributed by atoms with Gasteiger partial charge in [0.05, 0.1) is 12.1 Å². The van der Waals surface area contributed by atoms with Gasteiger partial charge in [0, 0.05) is 30.2 Å². The van der Waals surface area contributed by atoms with Crippen LogP contribution in [0, 0.1) is 5.92 Å². The molecule has 6 atom stereocenters. The number of nitrogens with zero attached hydrogens (tertiary/aromatic N) is 5. The fourth-order valence-corrected chi connectivity index (χ4v) is 7.04. The van der Waals surface area contributed by atoms with Crippen LogP contribution in [0.3, 0.4) is 0 Å². The number of hydrogen-bond donors (Lipinski definition) is 2. The Morgan fingerprint density at radius 2 is 1.83 bits per heavy atom. The van der Waals surface area contributed by atoms with Crippen molar-refractivity contribution in [1.82, 2.24) is 25.0 Å². The van der Waals surface area contributed by atoms with Gasteiger partial charge in [-0.05, 0) is 49.8 Å². The van der Waals surface area contributed by atoms with Gasteiger partial charge < -0.3 is 19.9 Å². The normalized spacial score (nSPS) is 28.2. The molecule has 3 aliphatic rings. The van der Waals surface area contributed by atoms with Gasteiger partial charge in [0.15, 0.2) is 27.9 Å². The van der Waals surface area contributed by atoms with Crippen molar-refractivity contribution in [2.24, 2.45) is 5.92 Å². The molecule has 0 bridgehead atoms. The Hall–Kier alpha value is -3.05. The molecule has 0 amide bonds. The smallest absolute Gasteiger partial charge is 0.191 e. The second-order valence-corrected chi connectivity index (χ2v) is 12.9. The number of benzene rings is 2. The predicted octanol–water partition coefficient (Wildman–Crippen LogP) is 5.43. The van der Waals surface area contributed by atoms with E-state index < -0.39 is 5.79 Å². The lowest BCUT2D eigenvalue weighted by atomic mass is 10.0. The van der Waals surface area contributed by atoms with E-state index in [1.54, 1.807) is 11.8 Å². The van der Waals surface area contributed by atoms with Crippen LogP contribution in [-0.2, 0) is 9.47 Å². The topological polar surface area (TPSA) is 107 Å². The van der Waals surface area contributed by atoms with Crippen molar-refractivity contribution in [3.8, 4) is 11.1 Å². The molecule has 0 spiro atoms. The van der Waals surface area contributed by atoms with Crippen molar-refractivity contribution in [2.75, 3.05) is 17.7 Å². The van der Waals surface area contributed by atoms with E-state index >= 15 is 0 Å². The maximum Gasteiger partial charge on any atom is 0.191 e. The molecule has 2 aromatic heterocycles. The van der Waals surface area contributed by atoms with Gasteiger partial charge in [-0.3, -0.25) is 0 Å². The molecule has 0 unspecified atom stereocenters. The molecular weight excluding hydrogens is 536 g/mol. The van der Waals surface area contributed by atoms with Gasteiger partial charge in [-0.25, -0.2) is 14.6 Å². The molecule has 3 fully saturated rings. The number of hydrogen-bond acceptors (Lipinski definition) is 9. The number of thioether (sulfide) groups is 1. The maximum atomic E-state index is 10.1. The van der Waals surface area contributed by atoms with E-state index in [1.807, 2.05) is 24.6 Å². The Kier molecular flexibility index (Phi) is 6.97. The Morgan fingerprint density at radius 3 is 2.63 bits per heavy atom. The number of ether oxygens (including phenoxy) is 2. The Bertz CT molecular complexity index is 1550. The molecule has 0 radical (unpaired) electrons. The minimum Gasteiger partial charge on any atom is -0.396 e. The first-order chi connectivity index (χ1) is 19.9. The van der Waals surface area contributed by atoms with Gasteiger partial charge in [-0.2, -0.15) is 0 Å². The fraction of sp³-hybridized carbons (Fsp3) is 0.484. The van der Waals surface area contributed by atoms with Gasteiger partial charge in [0.25, 0.3) is 0 Å². The summed E-state index contributed by atoms with van der Waals surface area (Å²) in [6.45, 7) is 6.03. The van der Waals surface area contributed by atoms with E-state index in [9.17, 15) is 5.11 Å². The summed E-state index contributed by atoms with van der Waals surface area (Å²) >= 11 is 1.65. The fourth-order valence-electron chi connectivity index (χ4n) is 6.35. The molecule has 2 saturated carbocycles. The number of fused-ring (bicyclic) bond motifs is 2. The van der Waals surface area contributed by atoms with Crippen LogP contribution in [0.25, 0.3) is 22.3 Å². The highest BCUT2D eigenvalue weighted by Gasteiger charge is 2.55. The first-order valence-electron chi connectivity index (χ1n) is 14.6. The van der Waals surface area contributed by atoms with Crippen molar-refractivity contribution in [1.29, 1.82) is 0 Å². The first-order valence-corrected chi connectivity index (χ1v) is 15.6. The lowest BCUT2D eigenvalue weighted by molar-refractivity contribution is -0.162. The van der Waals surface area contributed by atoms with Crippen LogP contribution < -0.4 is 5.32 Å². The monoisotopic (exact) mass is 572 g/mol. The number of anilines is 1. The molecule has 4 aromatic rings. The number of nitrogens with one attached hydrogen (secondary N) is 1. The van der Waals surface area contributed by atoms with Crippen LogP contribution in [0.15, 0.2) is 59.8 Å². The second kappa shape index (κ2) is 10.7. The van der Waals surface area contributed by atoms with Crippen LogP contribution in [0.4, 0.5) is 5.82 Å². The Balaban J connectivity index is 1.18. The van der Waals surface area contributed by atoms with Crippen molar-refractivity contribution >= 4 is 28.7 Å². The van der Waals surface area contributed by atoms with Crippen molar-refractivity contribution in [3.63, 3.8) is 0 Å². The minimum atomic E-state index is -0.708. The molecule has 2 N–H and O–H groups in total. The quantitative estimate of drug-likeness (QED) is 0.200. The highest BCUT2D eigenvalue weighted by molar-refractivity contribution is 7.99. The molecule has 10 heteroatoms. The molecule has 2 aliphatic carbocycles. The van der Waals surface area contributed by atoms with Gasteiger partial charge in [0.2, 0.25) is 0 Å². The molecule has 3 heterocycles. The van der Waals surface area contributed by atoms with E-state index in [0.29, 0.717) is 28.7 Å². The van der Waals surface area contributed by atoms with Crippen LogP contribution in [-0.4, -0.2) is 66.5 Å². The van der Waals surface area contributed by atoms with Crippen molar-refractivity contribution in [2.45, 2.75) is 81.2 Å². The number of aliphatic hydroxyl groups excluding tert-OH is 1. The average Bonchev–Trinajstić information content (AvgIpc) is 3.32. The molecule has 214 valence electrons. The van der Waals surface area contributed by atoms with Crippen LogP contribution >= 0.6 is 11.8 Å². The number of rotatable bonds is 9. The molecule has 7 rings (SSSR count). The highest BCUT2D eigenvalue weighted by Crippen LogP contribution is 2.48. The predicted molar refractivity (Wildman–Crippen MR) is 159 cm³/mol. The van der Waals surface area contributed by atoms with Crippen molar-refractivity contribution in [3.05, 3.63) is 60.2 Å². The van der Waals surface area contributed by atoms with E-state index in [0.717, 1.165) is 24.4 Å². The molecular formula is C31H36N6O3S. The summed E-state index contributed by atoms with van der Waals surface area (Å²) in [5.41, 5.74) is 5.14. The van der Waals surface area contributed by atoms with E-state index in [-0.39, 0.29) is 36.8 Å². The zero-order valence-corrected chi connectivity index (χ0v) is 24.4. The summed E-state index contributed by atoms with van der Waals surface area (Å²) in [6, 6.07) is 19.5. The summed E-state index contributed by atoms with van der Waals surface area (Å²) in [5, 5.41) is 23.6.